The molecule has 2 aromatic rings. The maximum atomic E-state index is 12.1. The zero-order valence-electron chi connectivity index (χ0n) is 10.5. The highest BCUT2D eigenvalue weighted by molar-refractivity contribution is 6.36. The van der Waals surface area contributed by atoms with E-state index in [-0.39, 0.29) is 16.3 Å². The van der Waals surface area contributed by atoms with Crippen LogP contribution >= 0.6 is 23.2 Å². The van der Waals surface area contributed by atoms with Gasteiger partial charge in [-0.1, -0.05) is 41.4 Å². The Morgan fingerprint density at radius 1 is 1.20 bits per heavy atom. The van der Waals surface area contributed by atoms with Gasteiger partial charge in [-0.15, -0.1) is 0 Å². The molecule has 2 rings (SSSR count). The second kappa shape index (κ2) is 6.07. The SMILES string of the molecule is Cc1ccccc1C(=O)Oc1c(Cl)cc(Cl)cc1C=O. The topological polar surface area (TPSA) is 43.4 Å². The molecule has 2 aromatic carbocycles. The summed E-state index contributed by atoms with van der Waals surface area (Å²) in [5.41, 5.74) is 1.31. The minimum Gasteiger partial charge on any atom is -0.421 e. The fourth-order valence-corrected chi connectivity index (χ4v) is 2.27. The van der Waals surface area contributed by atoms with Gasteiger partial charge in [0, 0.05) is 5.02 Å². The number of hydrogen-bond donors (Lipinski definition) is 0. The molecule has 0 aromatic heterocycles. The molecular weight excluding hydrogens is 299 g/mol. The van der Waals surface area contributed by atoms with Crippen LogP contribution < -0.4 is 4.74 Å². The van der Waals surface area contributed by atoms with Crippen molar-refractivity contribution in [2.75, 3.05) is 0 Å². The van der Waals surface area contributed by atoms with Crippen LogP contribution in [-0.4, -0.2) is 12.3 Å². The minimum atomic E-state index is -0.574. The zero-order chi connectivity index (χ0) is 14.7. The summed E-state index contributed by atoms with van der Waals surface area (Å²) in [7, 11) is 0. The molecule has 0 saturated heterocycles. The summed E-state index contributed by atoms with van der Waals surface area (Å²) in [6.07, 6.45) is 0.540. The molecule has 0 aliphatic carbocycles. The lowest BCUT2D eigenvalue weighted by atomic mass is 10.1. The van der Waals surface area contributed by atoms with E-state index in [0.717, 1.165) is 5.56 Å². The number of hydrogen-bond acceptors (Lipinski definition) is 3. The van der Waals surface area contributed by atoms with Crippen molar-refractivity contribution < 1.29 is 14.3 Å². The summed E-state index contributed by atoms with van der Waals surface area (Å²) in [6, 6.07) is 9.78. The van der Waals surface area contributed by atoms with Crippen LogP contribution in [0.5, 0.6) is 5.75 Å². The fourth-order valence-electron chi connectivity index (χ4n) is 1.73. The molecule has 0 bridgehead atoms. The van der Waals surface area contributed by atoms with Crippen molar-refractivity contribution >= 4 is 35.5 Å². The molecule has 20 heavy (non-hydrogen) atoms. The molecule has 0 saturated carbocycles. The number of aldehydes is 1. The monoisotopic (exact) mass is 308 g/mol. The van der Waals surface area contributed by atoms with Crippen LogP contribution in [0.2, 0.25) is 10.0 Å². The van der Waals surface area contributed by atoms with Crippen LogP contribution in [0.1, 0.15) is 26.3 Å². The number of benzene rings is 2. The van der Waals surface area contributed by atoms with E-state index in [1.54, 1.807) is 25.1 Å². The first-order valence-corrected chi connectivity index (χ1v) is 6.50. The van der Waals surface area contributed by atoms with Crippen molar-refractivity contribution in [3.63, 3.8) is 0 Å². The van der Waals surface area contributed by atoms with Crippen LogP contribution in [0, 0.1) is 6.92 Å². The van der Waals surface area contributed by atoms with Crippen molar-refractivity contribution in [2.45, 2.75) is 6.92 Å². The average molecular weight is 309 g/mol. The Bertz CT molecular complexity index is 681. The Morgan fingerprint density at radius 3 is 2.55 bits per heavy atom. The second-order valence-corrected chi connectivity index (χ2v) is 4.97. The molecule has 0 aliphatic rings. The maximum Gasteiger partial charge on any atom is 0.343 e. The molecule has 0 heterocycles. The lowest BCUT2D eigenvalue weighted by molar-refractivity contribution is 0.0733. The van der Waals surface area contributed by atoms with Crippen LogP contribution in [-0.2, 0) is 0 Å². The van der Waals surface area contributed by atoms with Gasteiger partial charge >= 0.3 is 5.97 Å². The smallest absolute Gasteiger partial charge is 0.343 e. The molecular formula is C15H10Cl2O3. The van der Waals surface area contributed by atoms with Gasteiger partial charge in [-0.25, -0.2) is 4.79 Å². The summed E-state index contributed by atoms with van der Waals surface area (Å²) >= 11 is 11.8. The third-order valence-electron chi connectivity index (χ3n) is 2.72. The zero-order valence-corrected chi connectivity index (χ0v) is 12.0. The van der Waals surface area contributed by atoms with Crippen molar-refractivity contribution in [1.29, 1.82) is 0 Å². The highest BCUT2D eigenvalue weighted by Crippen LogP contribution is 2.32. The predicted octanol–water partition coefficient (Wildman–Crippen LogP) is 4.33. The largest absolute Gasteiger partial charge is 0.421 e. The van der Waals surface area contributed by atoms with E-state index in [9.17, 15) is 9.59 Å². The molecule has 0 unspecified atom stereocenters. The molecule has 5 heteroatoms. The first-order valence-electron chi connectivity index (χ1n) is 5.75. The Labute approximate surface area is 126 Å². The maximum absolute atomic E-state index is 12.1. The van der Waals surface area contributed by atoms with E-state index >= 15 is 0 Å². The number of ether oxygens (including phenoxy) is 1. The second-order valence-electron chi connectivity index (χ2n) is 4.13. The quantitative estimate of drug-likeness (QED) is 0.481. The van der Waals surface area contributed by atoms with Crippen molar-refractivity contribution in [3.05, 3.63) is 63.1 Å². The summed E-state index contributed by atoms with van der Waals surface area (Å²) in [5.74, 6) is -0.560. The molecule has 0 spiro atoms. The van der Waals surface area contributed by atoms with E-state index in [2.05, 4.69) is 0 Å². The normalized spacial score (nSPS) is 10.2. The standard InChI is InChI=1S/C15H10Cl2O3/c1-9-4-2-3-5-12(9)15(19)20-14-10(8-18)6-11(16)7-13(14)17/h2-8H,1H3. The van der Waals surface area contributed by atoms with Crippen LogP contribution in [0.15, 0.2) is 36.4 Å². The fraction of sp³-hybridized carbons (Fsp3) is 0.0667. The van der Waals surface area contributed by atoms with Crippen molar-refractivity contribution in [1.82, 2.24) is 0 Å². The Hall–Kier alpha value is -1.84. The van der Waals surface area contributed by atoms with Gasteiger partial charge in [0.1, 0.15) is 0 Å². The molecule has 3 nitrogen and oxygen atoms in total. The van der Waals surface area contributed by atoms with Crippen LogP contribution in [0.4, 0.5) is 0 Å². The highest BCUT2D eigenvalue weighted by Gasteiger charge is 2.17. The van der Waals surface area contributed by atoms with Gasteiger partial charge < -0.3 is 4.74 Å². The minimum absolute atomic E-state index is 0.0133. The number of esters is 1. The lowest BCUT2D eigenvalue weighted by Gasteiger charge is -2.10. The van der Waals surface area contributed by atoms with E-state index in [0.29, 0.717) is 16.9 Å². The summed E-state index contributed by atoms with van der Waals surface area (Å²) < 4.78 is 5.23. The van der Waals surface area contributed by atoms with Gasteiger partial charge in [-0.3, -0.25) is 4.79 Å². The van der Waals surface area contributed by atoms with Gasteiger partial charge in [0.25, 0.3) is 0 Å². The molecule has 0 radical (unpaired) electrons. The number of rotatable bonds is 3. The van der Waals surface area contributed by atoms with E-state index in [4.69, 9.17) is 27.9 Å². The summed E-state index contributed by atoms with van der Waals surface area (Å²) in [6.45, 7) is 1.79. The molecule has 0 N–H and O–H groups in total. The van der Waals surface area contributed by atoms with Gasteiger partial charge in [0.05, 0.1) is 16.1 Å². The van der Waals surface area contributed by atoms with Crippen molar-refractivity contribution in [3.8, 4) is 5.75 Å². The average Bonchev–Trinajstić information content (AvgIpc) is 2.41. The van der Waals surface area contributed by atoms with Crippen LogP contribution in [0.25, 0.3) is 0 Å². The van der Waals surface area contributed by atoms with Crippen LogP contribution in [0.3, 0.4) is 0 Å². The third-order valence-corrected chi connectivity index (χ3v) is 3.22. The van der Waals surface area contributed by atoms with E-state index in [1.165, 1.54) is 12.1 Å². The first-order chi connectivity index (χ1) is 9.52. The lowest BCUT2D eigenvalue weighted by Crippen LogP contribution is -2.11. The van der Waals surface area contributed by atoms with Gasteiger partial charge in [-0.05, 0) is 30.7 Å². The summed E-state index contributed by atoms with van der Waals surface area (Å²) in [5, 5.41) is 0.411. The molecule has 0 amide bonds. The van der Waals surface area contributed by atoms with Gasteiger partial charge in [0.2, 0.25) is 0 Å². The number of aryl methyl sites for hydroxylation is 1. The molecule has 0 atom stereocenters. The molecule has 102 valence electrons. The van der Waals surface area contributed by atoms with Gasteiger partial charge in [-0.2, -0.15) is 0 Å². The van der Waals surface area contributed by atoms with Gasteiger partial charge in [0.15, 0.2) is 12.0 Å². The Kier molecular flexibility index (Phi) is 4.42. The van der Waals surface area contributed by atoms with E-state index < -0.39 is 5.97 Å². The molecule has 0 fully saturated rings. The Balaban J connectivity index is 2.38. The number of halogens is 2. The predicted molar refractivity (Wildman–Crippen MR) is 78.0 cm³/mol. The van der Waals surface area contributed by atoms with Crippen molar-refractivity contribution in [2.24, 2.45) is 0 Å². The number of carbonyl (C=O) groups is 2. The van der Waals surface area contributed by atoms with E-state index in [1.807, 2.05) is 6.07 Å². The molecule has 0 aliphatic heterocycles. The highest BCUT2D eigenvalue weighted by atomic mass is 35.5. The number of carbonyl (C=O) groups excluding carboxylic acids is 2. The Morgan fingerprint density at radius 2 is 1.90 bits per heavy atom. The third kappa shape index (κ3) is 3.00. The summed E-state index contributed by atoms with van der Waals surface area (Å²) in [4.78, 5) is 23.1. The first kappa shape index (κ1) is 14.6.